The van der Waals surface area contributed by atoms with Crippen molar-refractivity contribution in [2.45, 2.75) is 35.5 Å². The second-order valence-corrected chi connectivity index (χ2v) is 5.74. The quantitative estimate of drug-likeness (QED) is 0.761. The van der Waals surface area contributed by atoms with Gasteiger partial charge in [-0.2, -0.15) is 0 Å². The standard InChI is InChI=1S/C9H14Cl4N2O2/c1-5(14)3-2-4-15(8(16)6(10)11)9(17)7(12)13/h5-7H,2-4,14H2,1H3. The molecule has 0 aromatic carbocycles. The number of imide groups is 1. The van der Waals surface area contributed by atoms with E-state index in [-0.39, 0.29) is 12.6 Å². The molecule has 0 aliphatic rings. The Morgan fingerprint density at radius 3 is 1.82 bits per heavy atom. The first kappa shape index (κ1) is 17.3. The van der Waals surface area contributed by atoms with Crippen LogP contribution in [-0.2, 0) is 9.59 Å². The first-order chi connectivity index (χ1) is 7.77. The van der Waals surface area contributed by atoms with Gasteiger partial charge in [0.1, 0.15) is 0 Å². The number of rotatable bonds is 6. The third kappa shape index (κ3) is 6.67. The molecule has 0 aliphatic heterocycles. The molecule has 1 atom stereocenters. The van der Waals surface area contributed by atoms with E-state index in [2.05, 4.69) is 0 Å². The van der Waals surface area contributed by atoms with Gasteiger partial charge in [0.2, 0.25) is 0 Å². The SMILES string of the molecule is CC(N)CCCN(C(=O)C(Cl)Cl)C(=O)C(Cl)Cl. The van der Waals surface area contributed by atoms with E-state index < -0.39 is 21.5 Å². The van der Waals surface area contributed by atoms with Crippen LogP contribution in [0.4, 0.5) is 0 Å². The van der Waals surface area contributed by atoms with Gasteiger partial charge in [-0.3, -0.25) is 14.5 Å². The van der Waals surface area contributed by atoms with Crippen LogP contribution in [0.15, 0.2) is 0 Å². The van der Waals surface area contributed by atoms with Gasteiger partial charge in [0.25, 0.3) is 11.8 Å². The van der Waals surface area contributed by atoms with E-state index in [0.717, 1.165) is 4.90 Å². The summed E-state index contributed by atoms with van der Waals surface area (Å²) in [7, 11) is 0. The van der Waals surface area contributed by atoms with E-state index in [9.17, 15) is 9.59 Å². The first-order valence-corrected chi connectivity index (χ1v) is 6.69. The third-order valence-corrected chi connectivity index (χ3v) is 2.69. The molecule has 0 rings (SSSR count). The molecule has 0 fully saturated rings. The molecule has 2 N–H and O–H groups in total. The summed E-state index contributed by atoms with van der Waals surface area (Å²) in [6.45, 7) is 1.97. The van der Waals surface area contributed by atoms with Crippen LogP contribution in [-0.4, -0.2) is 39.0 Å². The zero-order chi connectivity index (χ0) is 13.6. The maximum Gasteiger partial charge on any atom is 0.262 e. The van der Waals surface area contributed by atoms with Crippen molar-refractivity contribution < 1.29 is 9.59 Å². The maximum atomic E-state index is 11.6. The van der Waals surface area contributed by atoms with Gasteiger partial charge in [0.05, 0.1) is 0 Å². The van der Waals surface area contributed by atoms with E-state index in [1.165, 1.54) is 0 Å². The molecular formula is C9H14Cl4N2O2. The maximum absolute atomic E-state index is 11.6. The number of hydrogen-bond acceptors (Lipinski definition) is 3. The lowest BCUT2D eigenvalue weighted by Gasteiger charge is -2.22. The molecule has 100 valence electrons. The van der Waals surface area contributed by atoms with Crippen LogP contribution in [0.5, 0.6) is 0 Å². The number of nitrogens with zero attached hydrogens (tertiary/aromatic N) is 1. The highest BCUT2D eigenvalue weighted by atomic mass is 35.5. The Bertz CT molecular complexity index is 252. The minimum atomic E-state index is -1.32. The average Bonchev–Trinajstić information content (AvgIpc) is 2.21. The molecule has 8 heteroatoms. The van der Waals surface area contributed by atoms with Gasteiger partial charge in [0, 0.05) is 12.6 Å². The molecule has 0 spiro atoms. The second-order valence-electron chi connectivity index (χ2n) is 3.55. The molecule has 0 bridgehead atoms. The van der Waals surface area contributed by atoms with Gasteiger partial charge >= 0.3 is 0 Å². The fraction of sp³-hybridized carbons (Fsp3) is 0.778. The largest absolute Gasteiger partial charge is 0.328 e. The Kier molecular flexibility index (Phi) is 8.51. The van der Waals surface area contributed by atoms with Crippen LogP contribution in [0.3, 0.4) is 0 Å². The molecule has 4 nitrogen and oxygen atoms in total. The lowest BCUT2D eigenvalue weighted by Crippen LogP contribution is -2.43. The van der Waals surface area contributed by atoms with Crippen molar-refractivity contribution in [3.63, 3.8) is 0 Å². The molecule has 0 saturated heterocycles. The summed E-state index contributed by atoms with van der Waals surface area (Å²) < 4.78 is 0. The van der Waals surface area contributed by atoms with Gasteiger partial charge in [-0.1, -0.05) is 46.4 Å². The van der Waals surface area contributed by atoms with Crippen LogP contribution >= 0.6 is 46.4 Å². The monoisotopic (exact) mass is 322 g/mol. The van der Waals surface area contributed by atoms with Crippen molar-refractivity contribution in [3.05, 3.63) is 0 Å². The molecule has 0 aliphatic carbocycles. The molecule has 0 saturated carbocycles. The summed E-state index contributed by atoms with van der Waals surface area (Å²) in [5.41, 5.74) is 5.56. The van der Waals surface area contributed by atoms with Gasteiger partial charge in [-0.25, -0.2) is 0 Å². The minimum absolute atomic E-state index is 0.0207. The Labute approximate surface area is 120 Å². The number of carbonyl (C=O) groups is 2. The van der Waals surface area contributed by atoms with E-state index in [1.807, 2.05) is 6.92 Å². The summed E-state index contributed by atoms with van der Waals surface area (Å²) in [5, 5.41) is 0. The zero-order valence-corrected chi connectivity index (χ0v) is 12.2. The van der Waals surface area contributed by atoms with Gasteiger partial charge in [0.15, 0.2) is 9.67 Å². The van der Waals surface area contributed by atoms with E-state index >= 15 is 0 Å². The fourth-order valence-electron chi connectivity index (χ4n) is 1.14. The fourth-order valence-corrected chi connectivity index (χ4v) is 1.61. The number of hydrogen-bond donors (Lipinski definition) is 1. The van der Waals surface area contributed by atoms with Crippen molar-refractivity contribution in [1.82, 2.24) is 4.90 Å². The number of nitrogens with two attached hydrogens (primary N) is 1. The van der Waals surface area contributed by atoms with Crippen LogP contribution in [0.2, 0.25) is 0 Å². The molecule has 17 heavy (non-hydrogen) atoms. The predicted octanol–water partition coefficient (Wildman–Crippen LogP) is 2.08. The molecule has 0 radical (unpaired) electrons. The minimum Gasteiger partial charge on any atom is -0.328 e. The van der Waals surface area contributed by atoms with E-state index in [0.29, 0.717) is 12.8 Å². The molecule has 0 aromatic rings. The first-order valence-electron chi connectivity index (χ1n) is 4.94. The van der Waals surface area contributed by atoms with Crippen LogP contribution < -0.4 is 5.73 Å². The smallest absolute Gasteiger partial charge is 0.262 e. The second kappa shape index (κ2) is 8.38. The zero-order valence-electron chi connectivity index (χ0n) is 9.21. The van der Waals surface area contributed by atoms with E-state index in [1.54, 1.807) is 0 Å². The normalized spacial score (nSPS) is 12.9. The van der Waals surface area contributed by atoms with Crippen molar-refractivity contribution in [2.24, 2.45) is 5.73 Å². The van der Waals surface area contributed by atoms with Crippen molar-refractivity contribution in [3.8, 4) is 0 Å². The molecule has 0 heterocycles. The van der Waals surface area contributed by atoms with Crippen molar-refractivity contribution in [2.75, 3.05) is 6.54 Å². The highest BCUT2D eigenvalue weighted by molar-refractivity contribution is 6.56. The third-order valence-electron chi connectivity index (χ3n) is 1.95. The Balaban J connectivity index is 4.52. The average molecular weight is 324 g/mol. The van der Waals surface area contributed by atoms with E-state index in [4.69, 9.17) is 52.1 Å². The van der Waals surface area contributed by atoms with Crippen LogP contribution in [0.25, 0.3) is 0 Å². The van der Waals surface area contributed by atoms with Gasteiger partial charge in [-0.05, 0) is 19.8 Å². The lowest BCUT2D eigenvalue weighted by molar-refractivity contribution is -0.142. The highest BCUT2D eigenvalue weighted by Gasteiger charge is 2.29. The summed E-state index contributed by atoms with van der Waals surface area (Å²) in [4.78, 5) is 21.3. The molecule has 0 aromatic heterocycles. The van der Waals surface area contributed by atoms with Crippen molar-refractivity contribution in [1.29, 1.82) is 0 Å². The predicted molar refractivity (Wildman–Crippen MR) is 70.6 cm³/mol. The summed E-state index contributed by atoms with van der Waals surface area (Å²) in [6.07, 6.45) is 1.19. The van der Waals surface area contributed by atoms with Crippen LogP contribution in [0, 0.1) is 0 Å². The van der Waals surface area contributed by atoms with Gasteiger partial charge in [-0.15, -0.1) is 0 Å². The summed E-state index contributed by atoms with van der Waals surface area (Å²) in [5.74, 6) is -1.45. The highest BCUT2D eigenvalue weighted by Crippen LogP contribution is 2.14. The Morgan fingerprint density at radius 1 is 1.12 bits per heavy atom. The number of alkyl halides is 4. The molecule has 2 amide bonds. The lowest BCUT2D eigenvalue weighted by atomic mass is 10.2. The number of carbonyl (C=O) groups excluding carboxylic acids is 2. The number of halogens is 4. The number of amides is 2. The molecular weight excluding hydrogens is 310 g/mol. The topological polar surface area (TPSA) is 63.4 Å². The summed E-state index contributed by atoms with van der Waals surface area (Å²) in [6, 6.07) is -0.0207. The van der Waals surface area contributed by atoms with Gasteiger partial charge < -0.3 is 5.73 Å². The Hall–Kier alpha value is 0.260. The molecule has 1 unspecified atom stereocenters. The Morgan fingerprint density at radius 2 is 1.53 bits per heavy atom. The summed E-state index contributed by atoms with van der Waals surface area (Å²) >= 11 is 21.7. The van der Waals surface area contributed by atoms with Crippen molar-refractivity contribution >= 4 is 58.2 Å². The van der Waals surface area contributed by atoms with Crippen LogP contribution in [0.1, 0.15) is 19.8 Å².